The average Bonchev–Trinajstić information content (AvgIpc) is 2.97. The molecule has 2 aromatic rings. The third-order valence-corrected chi connectivity index (χ3v) is 5.41. The largest absolute Gasteiger partial charge is 0.506 e. The van der Waals surface area contributed by atoms with Crippen LogP contribution in [0.4, 0.5) is 5.82 Å². The summed E-state index contributed by atoms with van der Waals surface area (Å²) in [6.45, 7) is 6.45. The third kappa shape index (κ3) is 4.87. The molecule has 7 nitrogen and oxygen atoms in total. The van der Waals surface area contributed by atoms with Crippen molar-refractivity contribution in [1.29, 1.82) is 0 Å². The van der Waals surface area contributed by atoms with E-state index in [2.05, 4.69) is 25.8 Å². The van der Waals surface area contributed by atoms with Gasteiger partial charge < -0.3 is 19.6 Å². The van der Waals surface area contributed by atoms with Gasteiger partial charge in [0, 0.05) is 32.4 Å². The minimum Gasteiger partial charge on any atom is -0.506 e. The number of aromatic nitrogens is 1. The normalized spacial score (nSPS) is 14.4. The Hall–Kier alpha value is -2.61. The van der Waals surface area contributed by atoms with Crippen molar-refractivity contribution < 1.29 is 19.4 Å². The summed E-state index contributed by atoms with van der Waals surface area (Å²) in [7, 11) is 0. The quantitative estimate of drug-likeness (QED) is 0.702. The molecule has 154 valence electrons. The number of rotatable bonds is 4. The first kappa shape index (κ1) is 21.1. The molecule has 1 saturated heterocycles. The van der Waals surface area contributed by atoms with Gasteiger partial charge in [-0.3, -0.25) is 4.79 Å². The van der Waals surface area contributed by atoms with Crippen LogP contribution in [0.25, 0.3) is 0 Å². The van der Waals surface area contributed by atoms with Crippen LogP contribution in [0.1, 0.15) is 39.6 Å². The van der Waals surface area contributed by atoms with Gasteiger partial charge in [0.25, 0.3) is 5.91 Å². The van der Waals surface area contributed by atoms with Crippen molar-refractivity contribution in [3.8, 4) is 5.75 Å². The van der Waals surface area contributed by atoms with Crippen LogP contribution in [0.5, 0.6) is 5.75 Å². The maximum atomic E-state index is 13.0. The molecule has 0 atom stereocenters. The van der Waals surface area contributed by atoms with Gasteiger partial charge in [0.15, 0.2) is 0 Å². The minimum atomic E-state index is -0.386. The molecular weight excluding hydrogens is 438 g/mol. The predicted octanol–water partition coefficient (Wildman–Crippen LogP) is 3.39. The fraction of sp³-hybridized carbons (Fsp3) is 0.381. The number of carbonyl (C=O) groups is 2. The Morgan fingerprint density at radius 1 is 1.21 bits per heavy atom. The van der Waals surface area contributed by atoms with Crippen molar-refractivity contribution >= 4 is 33.6 Å². The van der Waals surface area contributed by atoms with Gasteiger partial charge >= 0.3 is 5.97 Å². The highest BCUT2D eigenvalue weighted by Gasteiger charge is 2.24. The van der Waals surface area contributed by atoms with E-state index in [4.69, 9.17) is 4.74 Å². The number of aryl methyl sites for hydroxylation is 1. The summed E-state index contributed by atoms with van der Waals surface area (Å²) in [6, 6.07) is 6.99. The molecule has 1 fully saturated rings. The van der Waals surface area contributed by atoms with E-state index in [9.17, 15) is 14.7 Å². The number of phenols is 1. The van der Waals surface area contributed by atoms with Crippen LogP contribution in [-0.2, 0) is 4.74 Å². The number of aromatic hydroxyl groups is 1. The molecule has 1 aliphatic heterocycles. The molecule has 1 amide bonds. The Balaban J connectivity index is 1.69. The van der Waals surface area contributed by atoms with Crippen LogP contribution in [-0.4, -0.2) is 59.7 Å². The molecule has 0 radical (unpaired) electrons. The summed E-state index contributed by atoms with van der Waals surface area (Å²) in [5, 5.41) is 10.3. The van der Waals surface area contributed by atoms with Gasteiger partial charge in [-0.05, 0) is 66.0 Å². The van der Waals surface area contributed by atoms with Crippen LogP contribution in [0.3, 0.4) is 0 Å². The number of esters is 1. The van der Waals surface area contributed by atoms with Gasteiger partial charge in [0.2, 0.25) is 0 Å². The Bertz CT molecular complexity index is 902. The number of carbonyl (C=O) groups excluding carboxylic acids is 2. The van der Waals surface area contributed by atoms with Crippen LogP contribution >= 0.6 is 15.9 Å². The minimum absolute atomic E-state index is 0.0297. The van der Waals surface area contributed by atoms with Crippen molar-refractivity contribution in [3.63, 3.8) is 0 Å². The second kappa shape index (κ2) is 9.26. The third-order valence-electron chi connectivity index (χ3n) is 4.80. The number of anilines is 1. The summed E-state index contributed by atoms with van der Waals surface area (Å²) in [5.41, 5.74) is 1.63. The molecule has 0 aliphatic carbocycles. The van der Waals surface area contributed by atoms with Crippen molar-refractivity contribution in [2.75, 3.05) is 37.7 Å². The number of halogens is 1. The van der Waals surface area contributed by atoms with Gasteiger partial charge in [-0.1, -0.05) is 0 Å². The zero-order chi connectivity index (χ0) is 21.0. The summed E-state index contributed by atoms with van der Waals surface area (Å²) >= 11 is 3.30. The summed E-state index contributed by atoms with van der Waals surface area (Å²) in [5.74, 6) is 0.161. The number of amides is 1. The fourth-order valence-electron chi connectivity index (χ4n) is 3.33. The fourth-order valence-corrected chi connectivity index (χ4v) is 3.90. The molecule has 2 heterocycles. The summed E-state index contributed by atoms with van der Waals surface area (Å²) in [4.78, 5) is 33.0. The molecule has 1 aliphatic rings. The van der Waals surface area contributed by atoms with Crippen molar-refractivity contribution in [2.24, 2.45) is 0 Å². The average molecular weight is 462 g/mol. The van der Waals surface area contributed by atoms with Crippen LogP contribution < -0.4 is 4.90 Å². The number of benzene rings is 1. The molecular formula is C21H24BrN3O4. The second-order valence-electron chi connectivity index (χ2n) is 6.90. The Morgan fingerprint density at radius 2 is 2.00 bits per heavy atom. The topological polar surface area (TPSA) is 83.0 Å². The van der Waals surface area contributed by atoms with Gasteiger partial charge in [-0.15, -0.1) is 0 Å². The van der Waals surface area contributed by atoms with E-state index in [1.165, 1.54) is 6.20 Å². The number of pyridine rings is 1. The maximum absolute atomic E-state index is 13.0. The van der Waals surface area contributed by atoms with E-state index in [-0.39, 0.29) is 17.6 Å². The first-order valence-electron chi connectivity index (χ1n) is 9.57. The second-order valence-corrected chi connectivity index (χ2v) is 7.76. The van der Waals surface area contributed by atoms with E-state index in [1.807, 2.05) is 6.92 Å². The number of phenolic OH excluding ortho intramolecular Hbond substituents is 1. The van der Waals surface area contributed by atoms with E-state index >= 15 is 0 Å². The molecule has 1 aromatic heterocycles. The summed E-state index contributed by atoms with van der Waals surface area (Å²) < 4.78 is 5.50. The molecule has 29 heavy (non-hydrogen) atoms. The number of hydrogen-bond donors (Lipinski definition) is 1. The van der Waals surface area contributed by atoms with Crippen LogP contribution in [0.2, 0.25) is 0 Å². The van der Waals surface area contributed by atoms with Gasteiger partial charge in [-0.25, -0.2) is 9.78 Å². The van der Waals surface area contributed by atoms with Gasteiger partial charge in [0.05, 0.1) is 22.2 Å². The Labute approximate surface area is 178 Å². The van der Waals surface area contributed by atoms with Crippen molar-refractivity contribution in [1.82, 2.24) is 9.88 Å². The lowest BCUT2D eigenvalue weighted by Gasteiger charge is -2.23. The lowest BCUT2D eigenvalue weighted by Crippen LogP contribution is -2.35. The van der Waals surface area contributed by atoms with Gasteiger partial charge in [-0.2, -0.15) is 0 Å². The smallest absolute Gasteiger partial charge is 0.339 e. The molecule has 8 heteroatoms. The first-order valence-corrected chi connectivity index (χ1v) is 10.4. The Kier molecular flexibility index (Phi) is 6.74. The monoisotopic (exact) mass is 461 g/mol. The SMILES string of the molecule is CCOC(=O)c1ccc(N2CCCN(C(=O)c3cc(C)cc(Br)c3O)CC2)nc1. The lowest BCUT2D eigenvalue weighted by molar-refractivity contribution is 0.0525. The number of ether oxygens (including phenoxy) is 1. The van der Waals surface area contributed by atoms with Crippen molar-refractivity contribution in [3.05, 3.63) is 51.6 Å². The van der Waals surface area contributed by atoms with Gasteiger partial charge in [0.1, 0.15) is 11.6 Å². The lowest BCUT2D eigenvalue weighted by atomic mass is 10.1. The first-order chi connectivity index (χ1) is 13.9. The zero-order valence-electron chi connectivity index (χ0n) is 16.5. The van der Waals surface area contributed by atoms with E-state index in [0.29, 0.717) is 41.8 Å². The number of nitrogens with zero attached hydrogens (tertiary/aromatic N) is 3. The predicted molar refractivity (Wildman–Crippen MR) is 113 cm³/mol. The molecule has 1 N–H and O–H groups in total. The van der Waals surface area contributed by atoms with E-state index < -0.39 is 0 Å². The highest BCUT2D eigenvalue weighted by molar-refractivity contribution is 9.10. The zero-order valence-corrected chi connectivity index (χ0v) is 18.1. The molecule has 0 unspecified atom stereocenters. The number of hydrogen-bond acceptors (Lipinski definition) is 6. The van der Waals surface area contributed by atoms with Crippen molar-refractivity contribution in [2.45, 2.75) is 20.3 Å². The molecule has 0 bridgehead atoms. The molecule has 0 saturated carbocycles. The molecule has 1 aromatic carbocycles. The standard InChI is InChI=1S/C21H24BrN3O4/c1-3-29-21(28)15-5-6-18(23-13-15)24-7-4-8-25(10-9-24)20(27)16-11-14(2)12-17(22)19(16)26/h5-6,11-13,26H,3-4,7-10H2,1-2H3. The van der Waals surface area contributed by atoms with E-state index in [0.717, 1.165) is 24.3 Å². The molecule has 3 rings (SSSR count). The molecule has 0 spiro atoms. The Morgan fingerprint density at radius 3 is 2.69 bits per heavy atom. The summed E-state index contributed by atoms with van der Waals surface area (Å²) in [6.07, 6.45) is 2.30. The highest BCUT2D eigenvalue weighted by Crippen LogP contribution is 2.30. The van der Waals surface area contributed by atoms with Crippen LogP contribution in [0.15, 0.2) is 34.9 Å². The highest BCUT2D eigenvalue weighted by atomic mass is 79.9. The maximum Gasteiger partial charge on any atom is 0.339 e. The van der Waals surface area contributed by atoms with Crippen LogP contribution in [0, 0.1) is 6.92 Å². The van der Waals surface area contributed by atoms with E-state index in [1.54, 1.807) is 36.1 Å².